The number of amides is 5. The molecule has 2 aliphatic heterocycles. The molecule has 1 aromatic heterocycles. The predicted octanol–water partition coefficient (Wildman–Crippen LogP) is -0.162. The number of H-pyrrole nitrogens is 1. The van der Waals surface area contributed by atoms with Crippen molar-refractivity contribution in [3.05, 3.63) is 58.4 Å². The molecule has 4 atom stereocenters. The maximum Gasteiger partial charge on any atom is 0.355 e. The minimum atomic E-state index is -1.19. The zero-order chi connectivity index (χ0) is 32.8. The van der Waals surface area contributed by atoms with Crippen molar-refractivity contribution >= 4 is 35.5 Å². The number of carbonyl (C=O) groups excluding carboxylic acids is 6. The van der Waals surface area contributed by atoms with E-state index in [1.807, 2.05) is 30.3 Å². The third-order valence-corrected chi connectivity index (χ3v) is 7.81. The van der Waals surface area contributed by atoms with Gasteiger partial charge in [-0.1, -0.05) is 30.3 Å². The number of benzene rings is 1. The molecule has 2 aliphatic rings. The van der Waals surface area contributed by atoms with Gasteiger partial charge in [0.25, 0.3) is 11.8 Å². The van der Waals surface area contributed by atoms with Crippen LogP contribution in [0.2, 0.25) is 0 Å². The summed E-state index contributed by atoms with van der Waals surface area (Å²) < 4.78 is 11.2. The molecular weight excluding hydrogens is 584 g/mol. The lowest BCUT2D eigenvalue weighted by molar-refractivity contribution is -0.148. The first kappa shape index (κ1) is 33.2. The van der Waals surface area contributed by atoms with Crippen LogP contribution in [0.3, 0.4) is 0 Å². The highest BCUT2D eigenvalue weighted by Crippen LogP contribution is 2.23. The van der Waals surface area contributed by atoms with E-state index < -0.39 is 59.8 Å². The van der Waals surface area contributed by atoms with Gasteiger partial charge in [-0.2, -0.15) is 0 Å². The third-order valence-electron chi connectivity index (χ3n) is 7.81. The molecule has 14 nitrogen and oxygen atoms in total. The fourth-order valence-corrected chi connectivity index (χ4v) is 5.49. The van der Waals surface area contributed by atoms with E-state index in [0.717, 1.165) is 5.56 Å². The van der Waals surface area contributed by atoms with Gasteiger partial charge in [-0.3, -0.25) is 24.0 Å². The van der Waals surface area contributed by atoms with E-state index in [1.54, 1.807) is 20.8 Å². The smallest absolute Gasteiger partial charge is 0.355 e. The van der Waals surface area contributed by atoms with Crippen LogP contribution in [0.5, 0.6) is 0 Å². The summed E-state index contributed by atoms with van der Waals surface area (Å²) in [7, 11) is 1.44. The second-order valence-corrected chi connectivity index (χ2v) is 11.3. The van der Waals surface area contributed by atoms with Crippen LogP contribution < -0.4 is 16.0 Å². The summed E-state index contributed by atoms with van der Waals surface area (Å²) >= 11 is 0. The molecule has 3 heterocycles. The quantitative estimate of drug-likeness (QED) is 0.332. The first-order valence-corrected chi connectivity index (χ1v) is 14.9. The molecule has 0 saturated carbocycles. The number of nitrogens with zero attached hydrogens (tertiary/aromatic N) is 2. The molecule has 4 rings (SSSR count). The fourth-order valence-electron chi connectivity index (χ4n) is 5.49. The highest BCUT2D eigenvalue weighted by Gasteiger charge is 2.39. The molecule has 0 unspecified atom stereocenters. The van der Waals surface area contributed by atoms with Crippen LogP contribution in [0.25, 0.3) is 0 Å². The zero-order valence-corrected chi connectivity index (χ0v) is 26.1. The van der Waals surface area contributed by atoms with Crippen LogP contribution >= 0.6 is 0 Å². The Morgan fingerprint density at radius 2 is 1.73 bits per heavy atom. The van der Waals surface area contributed by atoms with E-state index in [1.165, 1.54) is 23.8 Å². The lowest BCUT2D eigenvalue weighted by Crippen LogP contribution is -2.59. The summed E-state index contributed by atoms with van der Waals surface area (Å²) in [5, 5.41) is 8.07. The Balaban J connectivity index is 1.66. The van der Waals surface area contributed by atoms with E-state index >= 15 is 0 Å². The Morgan fingerprint density at radius 1 is 1.02 bits per heavy atom. The van der Waals surface area contributed by atoms with Gasteiger partial charge in [0.2, 0.25) is 17.7 Å². The van der Waals surface area contributed by atoms with Gasteiger partial charge in [-0.05, 0) is 38.8 Å². The van der Waals surface area contributed by atoms with Crippen LogP contribution in [0, 0.1) is 13.8 Å². The molecule has 0 radical (unpaired) electrons. The van der Waals surface area contributed by atoms with Gasteiger partial charge in [-0.15, -0.1) is 0 Å². The summed E-state index contributed by atoms with van der Waals surface area (Å²) in [5.74, 6) is -3.22. The van der Waals surface area contributed by atoms with E-state index in [9.17, 15) is 28.8 Å². The van der Waals surface area contributed by atoms with Gasteiger partial charge in [0.15, 0.2) is 6.10 Å². The van der Waals surface area contributed by atoms with Gasteiger partial charge in [0, 0.05) is 32.3 Å². The topological polar surface area (TPSA) is 179 Å². The predicted molar refractivity (Wildman–Crippen MR) is 161 cm³/mol. The highest BCUT2D eigenvalue weighted by molar-refractivity contribution is 6.01. The summed E-state index contributed by atoms with van der Waals surface area (Å²) in [6.07, 6.45) is -1.84. The van der Waals surface area contributed by atoms with Crippen molar-refractivity contribution in [3.63, 3.8) is 0 Å². The number of hydrogen-bond donors (Lipinski definition) is 4. The third kappa shape index (κ3) is 7.87. The van der Waals surface area contributed by atoms with Crippen molar-refractivity contribution < 1.29 is 38.2 Å². The largest absolute Gasteiger partial charge is 0.461 e. The van der Waals surface area contributed by atoms with Crippen molar-refractivity contribution in [2.75, 3.05) is 39.8 Å². The summed E-state index contributed by atoms with van der Waals surface area (Å²) in [6.45, 7) is 6.15. The molecule has 5 amide bonds. The van der Waals surface area contributed by atoms with Gasteiger partial charge >= 0.3 is 5.97 Å². The number of esters is 1. The van der Waals surface area contributed by atoms with Gasteiger partial charge < -0.3 is 40.2 Å². The van der Waals surface area contributed by atoms with Crippen molar-refractivity contribution in [2.45, 2.75) is 58.4 Å². The average Bonchev–Trinajstić information content (AvgIpc) is 3.31. The molecule has 45 heavy (non-hydrogen) atoms. The number of carbonyl (C=O) groups is 6. The van der Waals surface area contributed by atoms with Crippen LogP contribution in [0.15, 0.2) is 30.3 Å². The standard InChI is InChI=1S/C31H40N6O8/c1-6-44-31(43)26-17(2)25(18(3)34-26)30(42)37-14-21-13-32-27(39)19(4)33-24(38)16-36(5)29(41)22(12-20-10-8-7-9-11-20)35-28(40)23(15-37)45-21/h7-11,19,21-23,34H,6,12-16H2,1-5H3,(H,32,39)(H,33,38)(H,35,40)/t19-,21+,22-,23-/m1/s1. The molecule has 2 bridgehead atoms. The van der Waals surface area contributed by atoms with E-state index in [2.05, 4.69) is 20.9 Å². The van der Waals surface area contributed by atoms with Crippen molar-refractivity contribution in [1.29, 1.82) is 0 Å². The number of nitrogens with one attached hydrogen (secondary N) is 4. The van der Waals surface area contributed by atoms with Crippen LogP contribution in [-0.4, -0.2) is 114 Å². The number of aryl methyl sites for hydroxylation is 1. The Kier molecular flexibility index (Phi) is 10.6. The maximum absolute atomic E-state index is 13.9. The van der Waals surface area contributed by atoms with Crippen molar-refractivity contribution in [3.8, 4) is 0 Å². The number of rotatable bonds is 5. The highest BCUT2D eigenvalue weighted by atomic mass is 16.5. The number of ether oxygens (including phenoxy) is 2. The fraction of sp³-hybridized carbons (Fsp3) is 0.484. The minimum Gasteiger partial charge on any atom is -0.461 e. The van der Waals surface area contributed by atoms with Gasteiger partial charge in [0.1, 0.15) is 17.8 Å². The zero-order valence-electron chi connectivity index (χ0n) is 26.1. The Labute approximate surface area is 261 Å². The Bertz CT molecular complexity index is 1460. The molecule has 14 heteroatoms. The average molecular weight is 625 g/mol. The second kappa shape index (κ2) is 14.4. The van der Waals surface area contributed by atoms with Gasteiger partial charge in [0.05, 0.1) is 31.4 Å². The van der Waals surface area contributed by atoms with Crippen LogP contribution in [-0.2, 0) is 35.1 Å². The molecule has 242 valence electrons. The van der Waals surface area contributed by atoms with E-state index in [-0.39, 0.29) is 50.5 Å². The number of fused-ring (bicyclic) bond motifs is 2. The number of aromatic amines is 1. The molecule has 1 aromatic carbocycles. The molecule has 0 aliphatic carbocycles. The molecule has 2 fully saturated rings. The van der Waals surface area contributed by atoms with E-state index in [0.29, 0.717) is 11.3 Å². The first-order chi connectivity index (χ1) is 21.4. The Morgan fingerprint density at radius 3 is 2.42 bits per heavy atom. The molecule has 4 N–H and O–H groups in total. The first-order valence-electron chi connectivity index (χ1n) is 14.9. The van der Waals surface area contributed by atoms with Crippen LogP contribution in [0.4, 0.5) is 0 Å². The molecule has 0 spiro atoms. The molecule has 2 saturated heterocycles. The lowest BCUT2D eigenvalue weighted by Gasteiger charge is -2.38. The SMILES string of the molecule is CCOC(=O)c1[nH]c(C)c(C(=O)N2C[C@@H]3CNC(=O)[C@@H](C)NC(=O)CN(C)C(=O)[C@@H](Cc4ccccc4)NC(=O)[C@@H](C2)O3)c1C. The van der Waals surface area contributed by atoms with Gasteiger partial charge in [-0.25, -0.2) is 4.79 Å². The number of hydrogen-bond acceptors (Lipinski definition) is 8. The normalized spacial score (nSPS) is 23.3. The number of aromatic nitrogens is 1. The van der Waals surface area contributed by atoms with Crippen molar-refractivity contribution in [2.24, 2.45) is 0 Å². The minimum absolute atomic E-state index is 0.0253. The Hall–Kier alpha value is -4.72. The monoisotopic (exact) mass is 624 g/mol. The number of morpholine rings is 1. The summed E-state index contributed by atoms with van der Waals surface area (Å²) in [4.78, 5) is 84.7. The lowest BCUT2D eigenvalue weighted by atomic mass is 10.0. The summed E-state index contributed by atoms with van der Waals surface area (Å²) in [5.41, 5.74) is 2.08. The molecular formula is C31H40N6O8. The van der Waals surface area contributed by atoms with Crippen molar-refractivity contribution in [1.82, 2.24) is 30.7 Å². The summed E-state index contributed by atoms with van der Waals surface area (Å²) in [6, 6.07) is 7.13. The van der Waals surface area contributed by atoms with Crippen LogP contribution in [0.1, 0.15) is 51.5 Å². The second-order valence-electron chi connectivity index (χ2n) is 11.3. The van der Waals surface area contributed by atoms with E-state index in [4.69, 9.17) is 9.47 Å². The number of likely N-dealkylation sites (N-methyl/N-ethyl adjacent to an activating group) is 1. The molecule has 2 aromatic rings. The maximum atomic E-state index is 13.9.